The lowest BCUT2D eigenvalue weighted by Gasteiger charge is -2.67. The number of fused-ring (bicyclic) bond motifs is 3. The molecule has 9 atom stereocenters. The SMILES string of the molecule is CC(=O)OC1CC23COC(=O)C2=CCC2C3C(C)(CC(=O)C23C(=O)OC2OC23)C1(C)O. The first-order valence-corrected chi connectivity index (χ1v) is 10.7. The number of ether oxygens (including phenoxy) is 4. The van der Waals surface area contributed by atoms with Crippen molar-refractivity contribution in [2.75, 3.05) is 6.61 Å². The Morgan fingerprint density at radius 1 is 1.26 bits per heavy atom. The van der Waals surface area contributed by atoms with Crippen molar-refractivity contribution in [2.45, 2.75) is 64.1 Å². The Hall–Kier alpha value is -2.26. The van der Waals surface area contributed by atoms with E-state index in [1.54, 1.807) is 19.9 Å². The van der Waals surface area contributed by atoms with E-state index < -0.39 is 70.1 Å². The van der Waals surface area contributed by atoms with Crippen molar-refractivity contribution in [3.63, 3.8) is 0 Å². The zero-order valence-electron chi connectivity index (χ0n) is 17.5. The molecule has 1 N–H and O–H groups in total. The van der Waals surface area contributed by atoms with E-state index in [1.807, 2.05) is 0 Å². The van der Waals surface area contributed by atoms with E-state index in [-0.39, 0.29) is 25.2 Å². The summed E-state index contributed by atoms with van der Waals surface area (Å²) in [7, 11) is 0. The molecule has 2 saturated carbocycles. The van der Waals surface area contributed by atoms with Crippen LogP contribution in [0.3, 0.4) is 0 Å². The van der Waals surface area contributed by atoms with Crippen molar-refractivity contribution in [1.29, 1.82) is 0 Å². The van der Waals surface area contributed by atoms with Gasteiger partial charge in [-0.1, -0.05) is 13.0 Å². The summed E-state index contributed by atoms with van der Waals surface area (Å²) in [6.45, 7) is 4.69. The van der Waals surface area contributed by atoms with Crippen molar-refractivity contribution < 1.29 is 43.2 Å². The van der Waals surface area contributed by atoms with Gasteiger partial charge in [-0.15, -0.1) is 0 Å². The zero-order chi connectivity index (χ0) is 22.1. The number of allylic oxidation sites excluding steroid dienone is 1. The molecule has 2 spiro atoms. The fourth-order valence-electron chi connectivity index (χ4n) is 7.67. The Morgan fingerprint density at radius 3 is 2.65 bits per heavy atom. The lowest BCUT2D eigenvalue weighted by molar-refractivity contribution is -0.263. The van der Waals surface area contributed by atoms with Gasteiger partial charge in [0, 0.05) is 36.2 Å². The number of cyclic esters (lactones) is 1. The number of epoxide rings is 1. The van der Waals surface area contributed by atoms with Crippen LogP contribution in [-0.2, 0) is 38.1 Å². The first-order valence-electron chi connectivity index (χ1n) is 10.7. The van der Waals surface area contributed by atoms with Gasteiger partial charge in [0.15, 0.2) is 11.2 Å². The number of Topliss-reactive ketones (excluding diaryl/α,β-unsaturated/α-hetero) is 1. The number of esters is 3. The Kier molecular flexibility index (Phi) is 3.37. The lowest BCUT2D eigenvalue weighted by Crippen LogP contribution is -2.74. The second-order valence-corrected chi connectivity index (χ2v) is 10.3. The van der Waals surface area contributed by atoms with Gasteiger partial charge in [-0.25, -0.2) is 4.79 Å². The van der Waals surface area contributed by atoms with E-state index in [0.717, 1.165) is 0 Å². The highest BCUT2D eigenvalue weighted by atomic mass is 16.8. The minimum absolute atomic E-state index is 0.0521. The number of carbonyl (C=O) groups excluding carboxylic acids is 4. The summed E-state index contributed by atoms with van der Waals surface area (Å²) in [5.41, 5.74) is -4.47. The Balaban J connectivity index is 1.59. The number of carbonyl (C=O) groups is 4. The van der Waals surface area contributed by atoms with Crippen LogP contribution in [0.15, 0.2) is 11.6 Å². The number of hydrogen-bond acceptors (Lipinski definition) is 9. The molecule has 3 saturated heterocycles. The van der Waals surface area contributed by atoms with E-state index in [2.05, 4.69) is 0 Å². The zero-order valence-corrected chi connectivity index (χ0v) is 17.5. The third kappa shape index (κ3) is 1.92. The highest BCUT2D eigenvalue weighted by molar-refractivity contribution is 6.08. The topological polar surface area (TPSA) is 129 Å². The lowest BCUT2D eigenvalue weighted by atomic mass is 9.36. The molecule has 9 nitrogen and oxygen atoms in total. The van der Waals surface area contributed by atoms with Gasteiger partial charge in [0.2, 0.25) is 6.29 Å². The molecule has 3 heterocycles. The normalized spacial score (nSPS) is 53.7. The van der Waals surface area contributed by atoms with Crippen LogP contribution in [0.25, 0.3) is 0 Å². The van der Waals surface area contributed by atoms with Gasteiger partial charge in [-0.2, -0.15) is 0 Å². The summed E-state index contributed by atoms with van der Waals surface area (Å²) in [4.78, 5) is 51.2. The highest BCUT2D eigenvalue weighted by Gasteiger charge is 2.83. The summed E-state index contributed by atoms with van der Waals surface area (Å²) >= 11 is 0. The molecule has 0 aromatic rings. The van der Waals surface area contributed by atoms with Crippen molar-refractivity contribution >= 4 is 23.7 Å². The molecule has 0 aromatic carbocycles. The molecule has 0 aromatic heterocycles. The molecule has 0 bridgehead atoms. The first kappa shape index (κ1) is 19.4. The minimum Gasteiger partial charge on any atom is -0.461 e. The smallest absolute Gasteiger partial charge is 0.334 e. The van der Waals surface area contributed by atoms with Gasteiger partial charge in [0.05, 0.1) is 0 Å². The summed E-state index contributed by atoms with van der Waals surface area (Å²) in [5.74, 6) is -2.87. The molecule has 9 unspecified atom stereocenters. The number of aliphatic hydroxyl groups is 1. The van der Waals surface area contributed by atoms with Gasteiger partial charge < -0.3 is 24.1 Å². The van der Waals surface area contributed by atoms with E-state index in [0.29, 0.717) is 12.0 Å². The molecule has 3 aliphatic heterocycles. The summed E-state index contributed by atoms with van der Waals surface area (Å²) in [6.07, 6.45) is -0.180. The first-order chi connectivity index (χ1) is 14.5. The average molecular weight is 432 g/mol. The second-order valence-electron chi connectivity index (χ2n) is 10.3. The molecular weight excluding hydrogens is 408 g/mol. The monoisotopic (exact) mass is 432 g/mol. The molecule has 9 heteroatoms. The standard InChI is InChI=1S/C22H24O9/c1-9(23)29-13-7-21-8-28-16(25)11(21)5-4-10-14(21)19(2,20(13,3)27)6-12(24)22(10)15-17(30-15)31-18(22)26/h5,10,13-15,17,27H,4,6-8H2,1-3H3. The molecule has 5 fully saturated rings. The molecule has 6 rings (SSSR count). The van der Waals surface area contributed by atoms with Crippen LogP contribution in [-0.4, -0.2) is 59.5 Å². The predicted molar refractivity (Wildman–Crippen MR) is 98.8 cm³/mol. The molecule has 31 heavy (non-hydrogen) atoms. The Labute approximate surface area is 178 Å². The largest absolute Gasteiger partial charge is 0.461 e. The number of ketones is 1. The molecule has 3 aliphatic carbocycles. The van der Waals surface area contributed by atoms with Gasteiger partial charge in [0.25, 0.3) is 0 Å². The third-order valence-corrected chi connectivity index (χ3v) is 9.15. The van der Waals surface area contributed by atoms with Crippen LogP contribution in [0.5, 0.6) is 0 Å². The second kappa shape index (κ2) is 5.38. The van der Waals surface area contributed by atoms with Crippen molar-refractivity contribution in [3.05, 3.63) is 11.6 Å². The van der Waals surface area contributed by atoms with E-state index >= 15 is 0 Å². The Morgan fingerprint density at radius 2 is 2.00 bits per heavy atom. The van der Waals surface area contributed by atoms with Crippen LogP contribution >= 0.6 is 0 Å². The average Bonchev–Trinajstić information content (AvgIpc) is 3.26. The van der Waals surface area contributed by atoms with Crippen LogP contribution in [0.1, 0.15) is 40.0 Å². The van der Waals surface area contributed by atoms with Crippen LogP contribution < -0.4 is 0 Å². The fraction of sp³-hybridized carbons (Fsp3) is 0.727. The van der Waals surface area contributed by atoms with Crippen molar-refractivity contribution in [3.8, 4) is 0 Å². The maximum Gasteiger partial charge on any atom is 0.334 e. The summed E-state index contributed by atoms with van der Waals surface area (Å²) in [6, 6.07) is 0. The molecule has 0 amide bonds. The molecule has 6 aliphatic rings. The van der Waals surface area contributed by atoms with Crippen LogP contribution in [0, 0.1) is 28.1 Å². The fourth-order valence-corrected chi connectivity index (χ4v) is 7.67. The minimum atomic E-state index is -1.56. The van der Waals surface area contributed by atoms with E-state index in [1.165, 1.54) is 6.92 Å². The predicted octanol–water partition coefficient (Wildman–Crippen LogP) is 0.426. The highest BCUT2D eigenvalue weighted by Crippen LogP contribution is 2.74. The maximum atomic E-state index is 13.7. The third-order valence-electron chi connectivity index (χ3n) is 9.15. The van der Waals surface area contributed by atoms with Crippen LogP contribution in [0.2, 0.25) is 0 Å². The van der Waals surface area contributed by atoms with Crippen LogP contribution in [0.4, 0.5) is 0 Å². The quantitative estimate of drug-likeness (QED) is 0.271. The van der Waals surface area contributed by atoms with E-state index in [4.69, 9.17) is 18.9 Å². The van der Waals surface area contributed by atoms with Crippen molar-refractivity contribution in [1.82, 2.24) is 0 Å². The van der Waals surface area contributed by atoms with E-state index in [9.17, 15) is 24.3 Å². The van der Waals surface area contributed by atoms with Gasteiger partial charge in [-0.05, 0) is 25.2 Å². The van der Waals surface area contributed by atoms with Gasteiger partial charge in [-0.3, -0.25) is 14.4 Å². The summed E-state index contributed by atoms with van der Waals surface area (Å²) < 4.78 is 21.9. The maximum absolute atomic E-state index is 13.7. The number of hydrogen-bond donors (Lipinski definition) is 1. The Bertz CT molecular complexity index is 997. The molecule has 166 valence electrons. The summed E-state index contributed by atoms with van der Waals surface area (Å²) in [5, 5.41) is 11.7. The number of rotatable bonds is 1. The molecule has 0 radical (unpaired) electrons. The van der Waals surface area contributed by atoms with Gasteiger partial charge in [0.1, 0.15) is 24.4 Å². The van der Waals surface area contributed by atoms with Crippen molar-refractivity contribution in [2.24, 2.45) is 28.1 Å². The molecular formula is C22H24O9. The van der Waals surface area contributed by atoms with Gasteiger partial charge >= 0.3 is 17.9 Å².